The van der Waals surface area contributed by atoms with Crippen LogP contribution in [0.15, 0.2) is 60.0 Å². The third-order valence-electron chi connectivity index (χ3n) is 4.66. The number of thiazole rings is 1. The van der Waals surface area contributed by atoms with E-state index < -0.39 is 0 Å². The number of carbonyl (C=O) groups excluding carboxylic acids is 1. The van der Waals surface area contributed by atoms with E-state index in [2.05, 4.69) is 41.5 Å². The SMILES string of the molecule is Cc1ccccc1[C@H](CC(=O)NCCCc1csc(N)n1)c1ccccc1. The third-order valence-corrected chi connectivity index (χ3v) is 5.38. The standard InChI is InChI=1S/C22H25N3OS/c1-16-8-5-6-12-19(16)20(17-9-3-2-4-10-17)14-21(26)24-13-7-11-18-15-27-22(23)25-18/h2-6,8-10,12,15,20H,7,11,13-14H2,1H3,(H2,23,25)(H,24,26)/t20-/m1/s1. The minimum absolute atomic E-state index is 0.0609. The van der Waals surface area contributed by atoms with Gasteiger partial charge in [-0.25, -0.2) is 4.98 Å². The zero-order chi connectivity index (χ0) is 19.1. The van der Waals surface area contributed by atoms with Crippen LogP contribution in [0.2, 0.25) is 0 Å². The largest absolute Gasteiger partial charge is 0.375 e. The molecular formula is C22H25N3OS. The van der Waals surface area contributed by atoms with Gasteiger partial charge in [-0.2, -0.15) is 0 Å². The first-order valence-electron chi connectivity index (χ1n) is 9.20. The van der Waals surface area contributed by atoms with E-state index in [-0.39, 0.29) is 11.8 Å². The molecule has 0 radical (unpaired) electrons. The van der Waals surface area contributed by atoms with E-state index in [1.165, 1.54) is 28.0 Å². The molecule has 0 saturated heterocycles. The van der Waals surface area contributed by atoms with Crippen LogP contribution in [0.1, 0.15) is 41.1 Å². The first-order chi connectivity index (χ1) is 13.1. The lowest BCUT2D eigenvalue weighted by Gasteiger charge is -2.20. The van der Waals surface area contributed by atoms with Gasteiger partial charge in [-0.15, -0.1) is 11.3 Å². The van der Waals surface area contributed by atoms with Gasteiger partial charge in [0.1, 0.15) is 0 Å². The molecule has 3 rings (SSSR count). The fourth-order valence-corrected chi connectivity index (χ4v) is 3.86. The second kappa shape index (κ2) is 9.33. The van der Waals surface area contributed by atoms with E-state index in [4.69, 9.17) is 5.73 Å². The maximum absolute atomic E-state index is 12.6. The van der Waals surface area contributed by atoms with Crippen molar-refractivity contribution < 1.29 is 4.79 Å². The van der Waals surface area contributed by atoms with Gasteiger partial charge in [0.25, 0.3) is 0 Å². The molecule has 2 aromatic carbocycles. The van der Waals surface area contributed by atoms with Gasteiger partial charge in [-0.1, -0.05) is 54.6 Å². The Kier molecular flexibility index (Phi) is 6.60. The number of aromatic nitrogens is 1. The van der Waals surface area contributed by atoms with Crippen LogP contribution in [-0.2, 0) is 11.2 Å². The first-order valence-corrected chi connectivity index (χ1v) is 10.1. The molecule has 0 unspecified atom stereocenters. The van der Waals surface area contributed by atoms with Crippen molar-refractivity contribution in [2.45, 2.75) is 32.1 Å². The van der Waals surface area contributed by atoms with Crippen molar-refractivity contribution in [3.05, 3.63) is 82.4 Å². The molecule has 3 aromatic rings. The Balaban J connectivity index is 1.60. The molecule has 1 heterocycles. The number of hydrogen-bond acceptors (Lipinski definition) is 4. The lowest BCUT2D eigenvalue weighted by Crippen LogP contribution is -2.26. The smallest absolute Gasteiger partial charge is 0.220 e. The summed E-state index contributed by atoms with van der Waals surface area (Å²) in [6, 6.07) is 18.5. The first kappa shape index (κ1) is 19.1. The Hall–Kier alpha value is -2.66. The number of amides is 1. The number of nitrogens with two attached hydrogens (primary N) is 1. The number of benzene rings is 2. The van der Waals surface area contributed by atoms with Gasteiger partial charge in [0.2, 0.25) is 5.91 Å². The number of aryl methyl sites for hydroxylation is 2. The van der Waals surface area contributed by atoms with Crippen molar-refractivity contribution >= 4 is 22.4 Å². The molecule has 140 valence electrons. The number of nitrogens with zero attached hydrogens (tertiary/aromatic N) is 1. The van der Waals surface area contributed by atoms with Gasteiger partial charge in [0.05, 0.1) is 5.69 Å². The van der Waals surface area contributed by atoms with Gasteiger partial charge in [0, 0.05) is 24.3 Å². The highest BCUT2D eigenvalue weighted by Gasteiger charge is 2.19. The summed E-state index contributed by atoms with van der Waals surface area (Å²) in [6.07, 6.45) is 2.13. The van der Waals surface area contributed by atoms with Crippen molar-refractivity contribution in [3.63, 3.8) is 0 Å². The molecule has 4 nitrogen and oxygen atoms in total. The van der Waals surface area contributed by atoms with E-state index in [1.807, 2.05) is 35.7 Å². The highest BCUT2D eigenvalue weighted by atomic mass is 32.1. The molecule has 0 aliphatic heterocycles. The van der Waals surface area contributed by atoms with Gasteiger partial charge in [-0.05, 0) is 36.5 Å². The Labute approximate surface area is 164 Å². The number of nitrogen functional groups attached to an aromatic ring is 1. The quantitative estimate of drug-likeness (QED) is 0.573. The molecule has 1 aromatic heterocycles. The van der Waals surface area contributed by atoms with Crippen molar-refractivity contribution in [3.8, 4) is 0 Å². The van der Waals surface area contributed by atoms with Crippen molar-refractivity contribution in [1.29, 1.82) is 0 Å². The number of hydrogen-bond donors (Lipinski definition) is 2. The van der Waals surface area contributed by atoms with Crippen LogP contribution in [0.25, 0.3) is 0 Å². The van der Waals surface area contributed by atoms with Crippen LogP contribution in [0.4, 0.5) is 5.13 Å². The minimum atomic E-state index is 0.0609. The molecule has 1 amide bonds. The molecule has 0 saturated carbocycles. The topological polar surface area (TPSA) is 68.0 Å². The third kappa shape index (κ3) is 5.41. The summed E-state index contributed by atoms with van der Waals surface area (Å²) >= 11 is 1.45. The van der Waals surface area contributed by atoms with Gasteiger partial charge < -0.3 is 11.1 Å². The molecule has 3 N–H and O–H groups in total. The highest BCUT2D eigenvalue weighted by Crippen LogP contribution is 2.30. The average molecular weight is 380 g/mol. The molecule has 1 atom stereocenters. The Morgan fingerprint density at radius 3 is 2.59 bits per heavy atom. The van der Waals surface area contributed by atoms with Gasteiger partial charge >= 0.3 is 0 Å². The number of carbonyl (C=O) groups is 1. The number of anilines is 1. The molecule has 0 aliphatic carbocycles. The molecule has 0 fully saturated rings. The van der Waals surface area contributed by atoms with E-state index in [0.29, 0.717) is 18.1 Å². The zero-order valence-electron chi connectivity index (χ0n) is 15.5. The van der Waals surface area contributed by atoms with Gasteiger partial charge in [0.15, 0.2) is 5.13 Å². The van der Waals surface area contributed by atoms with Crippen molar-refractivity contribution in [2.24, 2.45) is 0 Å². The summed E-state index contributed by atoms with van der Waals surface area (Å²) in [5, 5.41) is 5.62. The van der Waals surface area contributed by atoms with Crippen LogP contribution in [-0.4, -0.2) is 17.4 Å². The highest BCUT2D eigenvalue weighted by molar-refractivity contribution is 7.13. The predicted molar refractivity (Wildman–Crippen MR) is 112 cm³/mol. The van der Waals surface area contributed by atoms with Crippen LogP contribution < -0.4 is 11.1 Å². The average Bonchev–Trinajstić information content (AvgIpc) is 3.10. The zero-order valence-corrected chi connectivity index (χ0v) is 16.3. The fraction of sp³-hybridized carbons (Fsp3) is 0.273. The van der Waals surface area contributed by atoms with Crippen molar-refractivity contribution in [2.75, 3.05) is 12.3 Å². The lowest BCUT2D eigenvalue weighted by molar-refractivity contribution is -0.121. The number of rotatable bonds is 8. The Morgan fingerprint density at radius 1 is 1.15 bits per heavy atom. The van der Waals surface area contributed by atoms with Crippen LogP contribution >= 0.6 is 11.3 Å². The predicted octanol–water partition coefficient (Wildman–Crippen LogP) is 4.30. The second-order valence-electron chi connectivity index (χ2n) is 6.65. The molecule has 0 aliphatic rings. The summed E-state index contributed by atoms with van der Waals surface area (Å²) in [7, 11) is 0. The van der Waals surface area contributed by atoms with E-state index in [9.17, 15) is 4.79 Å². The molecular weight excluding hydrogens is 354 g/mol. The monoisotopic (exact) mass is 379 g/mol. The van der Waals surface area contributed by atoms with E-state index >= 15 is 0 Å². The summed E-state index contributed by atoms with van der Waals surface area (Å²) in [6.45, 7) is 2.74. The fourth-order valence-electron chi connectivity index (χ4n) is 3.26. The summed E-state index contributed by atoms with van der Waals surface area (Å²) in [5.74, 6) is 0.135. The molecule has 0 spiro atoms. The second-order valence-corrected chi connectivity index (χ2v) is 7.54. The Bertz CT molecular complexity index is 876. The van der Waals surface area contributed by atoms with Crippen LogP contribution in [0.5, 0.6) is 0 Å². The van der Waals surface area contributed by atoms with E-state index in [0.717, 1.165) is 18.5 Å². The maximum Gasteiger partial charge on any atom is 0.220 e. The van der Waals surface area contributed by atoms with Gasteiger partial charge in [-0.3, -0.25) is 4.79 Å². The minimum Gasteiger partial charge on any atom is -0.375 e. The summed E-state index contributed by atoms with van der Waals surface area (Å²) < 4.78 is 0. The summed E-state index contributed by atoms with van der Waals surface area (Å²) in [4.78, 5) is 16.8. The van der Waals surface area contributed by atoms with Crippen LogP contribution in [0.3, 0.4) is 0 Å². The molecule has 0 bridgehead atoms. The van der Waals surface area contributed by atoms with Crippen LogP contribution in [0, 0.1) is 6.92 Å². The number of nitrogens with one attached hydrogen (secondary N) is 1. The normalized spacial score (nSPS) is 11.9. The molecule has 5 heteroatoms. The molecule has 27 heavy (non-hydrogen) atoms. The maximum atomic E-state index is 12.6. The lowest BCUT2D eigenvalue weighted by atomic mass is 9.86. The Morgan fingerprint density at radius 2 is 1.89 bits per heavy atom. The summed E-state index contributed by atoms with van der Waals surface area (Å²) in [5.41, 5.74) is 10.2. The van der Waals surface area contributed by atoms with Crippen molar-refractivity contribution in [1.82, 2.24) is 10.3 Å². The van der Waals surface area contributed by atoms with E-state index in [1.54, 1.807) is 0 Å².